The standard InChI is InChI=1S/C14H12F3N3O3/c15-8-3-4-9(12(17)11(8)16)20-14(22)19-6-5-18-13(21)10-2-1-7-23-10/h1-4,7H,5-6H2,(H,18,21)(H2,19,20,22). The maximum Gasteiger partial charge on any atom is 0.319 e. The first-order valence-corrected chi connectivity index (χ1v) is 6.49. The summed E-state index contributed by atoms with van der Waals surface area (Å²) < 4.78 is 44.0. The highest BCUT2D eigenvalue weighted by Crippen LogP contribution is 2.19. The molecule has 0 bridgehead atoms. The predicted octanol–water partition coefficient (Wildman–Crippen LogP) is 2.25. The number of nitrogens with one attached hydrogen (secondary N) is 3. The summed E-state index contributed by atoms with van der Waals surface area (Å²) in [6.45, 7) is 0.122. The van der Waals surface area contributed by atoms with Crippen LogP contribution < -0.4 is 16.0 Å². The third kappa shape index (κ3) is 4.25. The van der Waals surface area contributed by atoms with Gasteiger partial charge >= 0.3 is 6.03 Å². The number of anilines is 1. The highest BCUT2D eigenvalue weighted by atomic mass is 19.2. The van der Waals surface area contributed by atoms with Crippen molar-refractivity contribution >= 4 is 17.6 Å². The highest BCUT2D eigenvalue weighted by molar-refractivity contribution is 5.91. The average molecular weight is 327 g/mol. The molecule has 0 aliphatic heterocycles. The molecule has 1 aromatic carbocycles. The fourth-order valence-electron chi connectivity index (χ4n) is 1.64. The minimum atomic E-state index is -1.67. The van der Waals surface area contributed by atoms with E-state index in [1.165, 1.54) is 12.3 Å². The van der Waals surface area contributed by atoms with Crippen LogP contribution in [0.3, 0.4) is 0 Å². The summed E-state index contributed by atoms with van der Waals surface area (Å²) in [5, 5.41) is 6.82. The Labute approximate surface area is 128 Å². The van der Waals surface area contributed by atoms with Gasteiger partial charge in [0, 0.05) is 13.1 Å². The number of carbonyl (C=O) groups is 2. The first-order valence-electron chi connectivity index (χ1n) is 6.49. The van der Waals surface area contributed by atoms with Crippen LogP contribution in [0.25, 0.3) is 0 Å². The number of amides is 3. The molecular formula is C14H12F3N3O3. The molecule has 2 aromatic rings. The fraction of sp³-hybridized carbons (Fsp3) is 0.143. The van der Waals surface area contributed by atoms with Gasteiger partial charge in [-0.2, -0.15) is 0 Å². The fourth-order valence-corrected chi connectivity index (χ4v) is 1.64. The van der Waals surface area contributed by atoms with Gasteiger partial charge in [-0.15, -0.1) is 0 Å². The van der Waals surface area contributed by atoms with Gasteiger partial charge in [0.15, 0.2) is 23.2 Å². The summed E-state index contributed by atoms with van der Waals surface area (Å²) in [6, 6.07) is 3.78. The molecule has 0 saturated carbocycles. The third-order valence-electron chi connectivity index (χ3n) is 2.72. The zero-order valence-electron chi connectivity index (χ0n) is 11.7. The summed E-state index contributed by atoms with van der Waals surface area (Å²) >= 11 is 0. The van der Waals surface area contributed by atoms with E-state index in [0.29, 0.717) is 6.07 Å². The minimum absolute atomic E-state index is 0.0313. The quantitative estimate of drug-likeness (QED) is 0.582. The van der Waals surface area contributed by atoms with Crippen molar-refractivity contribution in [2.24, 2.45) is 0 Å². The highest BCUT2D eigenvalue weighted by Gasteiger charge is 2.15. The molecule has 2 rings (SSSR count). The number of furan rings is 1. The Morgan fingerprint density at radius 3 is 2.43 bits per heavy atom. The number of urea groups is 1. The van der Waals surface area contributed by atoms with E-state index in [1.807, 2.05) is 5.32 Å². The number of hydrogen-bond donors (Lipinski definition) is 3. The maximum atomic E-state index is 13.3. The van der Waals surface area contributed by atoms with Crippen molar-refractivity contribution in [3.05, 3.63) is 53.7 Å². The number of halogens is 3. The van der Waals surface area contributed by atoms with Crippen molar-refractivity contribution in [3.8, 4) is 0 Å². The predicted molar refractivity (Wildman–Crippen MR) is 74.4 cm³/mol. The second kappa shape index (κ2) is 7.34. The molecule has 0 unspecified atom stereocenters. The zero-order chi connectivity index (χ0) is 16.8. The van der Waals surface area contributed by atoms with E-state index in [0.717, 1.165) is 6.07 Å². The van der Waals surface area contributed by atoms with Gasteiger partial charge < -0.3 is 20.4 Å². The van der Waals surface area contributed by atoms with Gasteiger partial charge in [0.2, 0.25) is 0 Å². The Morgan fingerprint density at radius 1 is 1.00 bits per heavy atom. The molecule has 122 valence electrons. The van der Waals surface area contributed by atoms with Crippen LogP contribution >= 0.6 is 0 Å². The first kappa shape index (κ1) is 16.4. The van der Waals surface area contributed by atoms with Crippen molar-refractivity contribution in [1.82, 2.24) is 10.6 Å². The molecule has 0 radical (unpaired) electrons. The normalized spacial score (nSPS) is 10.2. The molecule has 9 heteroatoms. The van der Waals surface area contributed by atoms with E-state index in [2.05, 4.69) is 10.6 Å². The molecule has 6 nitrogen and oxygen atoms in total. The van der Waals surface area contributed by atoms with Crippen LogP contribution in [0.4, 0.5) is 23.7 Å². The summed E-state index contributed by atoms with van der Waals surface area (Å²) in [5.74, 6) is -4.85. The minimum Gasteiger partial charge on any atom is -0.459 e. The molecule has 1 heterocycles. The topological polar surface area (TPSA) is 83.4 Å². The molecule has 0 atom stereocenters. The number of rotatable bonds is 5. The van der Waals surface area contributed by atoms with Gasteiger partial charge in [0.1, 0.15) is 0 Å². The smallest absolute Gasteiger partial charge is 0.319 e. The van der Waals surface area contributed by atoms with Crippen LogP contribution in [0.15, 0.2) is 34.9 Å². The van der Waals surface area contributed by atoms with Gasteiger partial charge in [0.05, 0.1) is 12.0 Å². The second-order valence-electron chi connectivity index (χ2n) is 4.34. The van der Waals surface area contributed by atoms with Gasteiger partial charge in [-0.05, 0) is 24.3 Å². The van der Waals surface area contributed by atoms with Crippen molar-refractivity contribution in [3.63, 3.8) is 0 Å². The van der Waals surface area contributed by atoms with Gasteiger partial charge in [0.25, 0.3) is 5.91 Å². The Bertz CT molecular complexity index is 705. The molecule has 0 fully saturated rings. The van der Waals surface area contributed by atoms with Crippen LogP contribution in [0, 0.1) is 17.5 Å². The summed E-state index contributed by atoms with van der Waals surface area (Å²) in [5.41, 5.74) is -0.499. The van der Waals surface area contributed by atoms with Crippen molar-refractivity contribution in [2.75, 3.05) is 18.4 Å². The van der Waals surface area contributed by atoms with Crippen LogP contribution in [0.5, 0.6) is 0 Å². The van der Waals surface area contributed by atoms with E-state index >= 15 is 0 Å². The Morgan fingerprint density at radius 2 is 1.74 bits per heavy atom. The van der Waals surface area contributed by atoms with E-state index in [1.54, 1.807) is 6.07 Å². The Balaban J connectivity index is 1.75. The van der Waals surface area contributed by atoms with E-state index in [4.69, 9.17) is 4.42 Å². The van der Waals surface area contributed by atoms with Gasteiger partial charge in [-0.3, -0.25) is 4.79 Å². The number of hydrogen-bond acceptors (Lipinski definition) is 3. The Kier molecular flexibility index (Phi) is 5.23. The van der Waals surface area contributed by atoms with E-state index in [-0.39, 0.29) is 18.8 Å². The van der Waals surface area contributed by atoms with Crippen LogP contribution in [0.1, 0.15) is 10.6 Å². The summed E-state index contributed by atoms with van der Waals surface area (Å²) in [6.07, 6.45) is 1.34. The molecular weight excluding hydrogens is 315 g/mol. The largest absolute Gasteiger partial charge is 0.459 e. The first-order chi connectivity index (χ1) is 11.0. The Hall–Kier alpha value is -2.97. The monoisotopic (exact) mass is 327 g/mol. The van der Waals surface area contributed by atoms with E-state index in [9.17, 15) is 22.8 Å². The zero-order valence-corrected chi connectivity index (χ0v) is 11.7. The lowest BCUT2D eigenvalue weighted by Crippen LogP contribution is -2.36. The van der Waals surface area contributed by atoms with Gasteiger partial charge in [-0.25, -0.2) is 18.0 Å². The number of benzene rings is 1. The SMILES string of the molecule is O=C(NCCNC(=O)c1ccco1)Nc1ccc(F)c(F)c1F. The maximum absolute atomic E-state index is 13.3. The van der Waals surface area contributed by atoms with Crippen LogP contribution in [0.2, 0.25) is 0 Å². The molecule has 3 N–H and O–H groups in total. The lowest BCUT2D eigenvalue weighted by molar-refractivity contribution is 0.0926. The second-order valence-corrected chi connectivity index (χ2v) is 4.34. The average Bonchev–Trinajstić information content (AvgIpc) is 3.06. The molecule has 1 aromatic heterocycles. The molecule has 0 spiro atoms. The molecule has 0 saturated heterocycles. The summed E-state index contributed by atoms with van der Waals surface area (Å²) in [7, 11) is 0. The molecule has 0 aliphatic rings. The molecule has 0 aliphatic carbocycles. The lowest BCUT2D eigenvalue weighted by atomic mass is 10.3. The lowest BCUT2D eigenvalue weighted by Gasteiger charge is -2.09. The van der Waals surface area contributed by atoms with Crippen molar-refractivity contribution < 1.29 is 27.2 Å². The van der Waals surface area contributed by atoms with Crippen LogP contribution in [-0.4, -0.2) is 25.0 Å². The van der Waals surface area contributed by atoms with Crippen molar-refractivity contribution in [1.29, 1.82) is 0 Å². The van der Waals surface area contributed by atoms with Crippen molar-refractivity contribution in [2.45, 2.75) is 0 Å². The number of carbonyl (C=O) groups excluding carboxylic acids is 2. The molecule has 23 heavy (non-hydrogen) atoms. The molecule has 3 amide bonds. The van der Waals surface area contributed by atoms with Gasteiger partial charge in [-0.1, -0.05) is 0 Å². The van der Waals surface area contributed by atoms with E-state index < -0.39 is 35.1 Å². The third-order valence-corrected chi connectivity index (χ3v) is 2.72. The van der Waals surface area contributed by atoms with Crippen LogP contribution in [-0.2, 0) is 0 Å². The summed E-state index contributed by atoms with van der Waals surface area (Å²) in [4.78, 5) is 23.0.